The molecule has 0 saturated carbocycles. The molecule has 1 atom stereocenters. The normalized spacial score (nSPS) is 11.8. The van der Waals surface area contributed by atoms with Crippen molar-refractivity contribution in [2.45, 2.75) is 12.5 Å². The first-order valence-corrected chi connectivity index (χ1v) is 7.45. The van der Waals surface area contributed by atoms with E-state index in [0.29, 0.717) is 12.2 Å². The van der Waals surface area contributed by atoms with Crippen LogP contribution >= 0.6 is 23.4 Å². The Kier molecular flexibility index (Phi) is 6.60. The predicted octanol–water partition coefficient (Wildman–Crippen LogP) is 2.81. The Morgan fingerprint density at radius 3 is 2.70 bits per heavy atom. The first kappa shape index (κ1) is 16.6. The third-order valence-corrected chi connectivity index (χ3v) is 3.20. The molecule has 20 heavy (non-hydrogen) atoms. The summed E-state index contributed by atoms with van der Waals surface area (Å²) in [6.45, 7) is 0. The van der Waals surface area contributed by atoms with Gasteiger partial charge in [0.2, 0.25) is 0 Å². The summed E-state index contributed by atoms with van der Waals surface area (Å²) < 4.78 is 13.1. The highest BCUT2D eigenvalue weighted by molar-refractivity contribution is 7.98. The summed E-state index contributed by atoms with van der Waals surface area (Å²) in [6.07, 6.45) is 2.14. The Balaban J connectivity index is 2.63. The summed E-state index contributed by atoms with van der Waals surface area (Å²) in [5, 5.41) is 13.8. The van der Waals surface area contributed by atoms with Crippen LogP contribution in [0.25, 0.3) is 0 Å². The molecule has 0 aliphatic heterocycles. The quantitative estimate of drug-likeness (QED) is 0.753. The minimum Gasteiger partial charge on any atom is -0.480 e. The summed E-state index contributed by atoms with van der Waals surface area (Å²) in [5.74, 6) is -1.11. The number of thioether (sulfide) groups is 1. The fraction of sp³-hybridized carbons (Fsp3) is 0.333. The smallest absolute Gasteiger partial charge is 0.326 e. The standard InChI is InChI=1S/C12H14ClFN2O3S/c1-20-3-2-10(11(17)18)16-12(19)15-9-5-7(13)4-8(14)6-9/h4-6,10H,2-3H2,1H3,(H,17,18)(H2,15,16,19). The molecule has 110 valence electrons. The van der Waals surface area contributed by atoms with Gasteiger partial charge in [0.25, 0.3) is 0 Å². The van der Waals surface area contributed by atoms with E-state index in [2.05, 4.69) is 10.6 Å². The second kappa shape index (κ2) is 7.96. The largest absolute Gasteiger partial charge is 0.480 e. The van der Waals surface area contributed by atoms with E-state index < -0.39 is 23.9 Å². The first-order valence-electron chi connectivity index (χ1n) is 5.67. The van der Waals surface area contributed by atoms with Crippen molar-refractivity contribution in [3.63, 3.8) is 0 Å². The Morgan fingerprint density at radius 2 is 2.15 bits per heavy atom. The van der Waals surface area contributed by atoms with E-state index in [-0.39, 0.29) is 10.7 Å². The summed E-state index contributed by atoms with van der Waals surface area (Å²) in [7, 11) is 0. The minimum atomic E-state index is -1.12. The van der Waals surface area contributed by atoms with Crippen molar-refractivity contribution < 1.29 is 19.1 Å². The van der Waals surface area contributed by atoms with Crippen molar-refractivity contribution in [2.24, 2.45) is 0 Å². The molecule has 0 fully saturated rings. The van der Waals surface area contributed by atoms with Gasteiger partial charge in [-0.2, -0.15) is 11.8 Å². The fourth-order valence-electron chi connectivity index (χ4n) is 1.44. The fourth-order valence-corrected chi connectivity index (χ4v) is 2.14. The highest BCUT2D eigenvalue weighted by Gasteiger charge is 2.19. The molecule has 1 aromatic carbocycles. The maximum absolute atomic E-state index is 13.1. The highest BCUT2D eigenvalue weighted by atomic mass is 35.5. The number of nitrogens with one attached hydrogen (secondary N) is 2. The van der Waals surface area contributed by atoms with E-state index in [4.69, 9.17) is 16.7 Å². The van der Waals surface area contributed by atoms with Crippen LogP contribution in [0.2, 0.25) is 5.02 Å². The van der Waals surface area contributed by atoms with Gasteiger partial charge in [0, 0.05) is 10.7 Å². The maximum Gasteiger partial charge on any atom is 0.326 e. The van der Waals surface area contributed by atoms with Crippen LogP contribution in [0.5, 0.6) is 0 Å². The molecule has 5 nitrogen and oxygen atoms in total. The summed E-state index contributed by atoms with van der Waals surface area (Å²) in [6, 6.07) is 1.83. The van der Waals surface area contributed by atoms with Gasteiger partial charge in [-0.3, -0.25) is 0 Å². The van der Waals surface area contributed by atoms with Crippen molar-refractivity contribution in [3.8, 4) is 0 Å². The van der Waals surface area contributed by atoms with E-state index in [1.165, 1.54) is 17.8 Å². The number of urea groups is 1. The van der Waals surface area contributed by atoms with E-state index in [1.54, 1.807) is 0 Å². The average molecular weight is 321 g/mol. The predicted molar refractivity (Wildman–Crippen MR) is 78.0 cm³/mol. The monoisotopic (exact) mass is 320 g/mol. The molecule has 0 aliphatic carbocycles. The number of carboxylic acids is 1. The molecule has 2 amide bonds. The van der Waals surface area contributed by atoms with Crippen LogP contribution in [0.1, 0.15) is 6.42 Å². The number of rotatable bonds is 6. The Hall–Kier alpha value is -1.47. The van der Waals surface area contributed by atoms with E-state index in [9.17, 15) is 14.0 Å². The second-order valence-corrected chi connectivity index (χ2v) is 5.35. The number of halogens is 2. The van der Waals surface area contributed by atoms with Crippen LogP contribution in [0.3, 0.4) is 0 Å². The van der Waals surface area contributed by atoms with Gasteiger partial charge >= 0.3 is 12.0 Å². The molecule has 0 bridgehead atoms. The Morgan fingerprint density at radius 1 is 1.45 bits per heavy atom. The minimum absolute atomic E-state index is 0.137. The Bertz CT molecular complexity index is 481. The lowest BCUT2D eigenvalue weighted by Crippen LogP contribution is -2.43. The van der Waals surface area contributed by atoms with Crippen LogP contribution in [-0.4, -0.2) is 35.2 Å². The number of carbonyl (C=O) groups is 2. The van der Waals surface area contributed by atoms with Gasteiger partial charge in [0.15, 0.2) is 0 Å². The van der Waals surface area contributed by atoms with Gasteiger partial charge in [-0.1, -0.05) is 11.6 Å². The SMILES string of the molecule is CSCCC(NC(=O)Nc1cc(F)cc(Cl)c1)C(=O)O. The van der Waals surface area contributed by atoms with Crippen LogP contribution < -0.4 is 10.6 Å². The Labute approximate surface area is 124 Å². The molecule has 3 N–H and O–H groups in total. The van der Waals surface area contributed by atoms with Crippen molar-refractivity contribution in [3.05, 3.63) is 29.0 Å². The van der Waals surface area contributed by atoms with Crippen molar-refractivity contribution >= 4 is 41.1 Å². The average Bonchev–Trinajstić information content (AvgIpc) is 2.32. The van der Waals surface area contributed by atoms with E-state index in [1.807, 2.05) is 6.26 Å². The molecular weight excluding hydrogens is 307 g/mol. The number of carboxylic acid groups (broad SMARTS) is 1. The van der Waals surface area contributed by atoms with Crippen molar-refractivity contribution in [1.82, 2.24) is 5.32 Å². The lowest BCUT2D eigenvalue weighted by atomic mass is 10.2. The van der Waals surface area contributed by atoms with Gasteiger partial charge < -0.3 is 15.7 Å². The third-order valence-electron chi connectivity index (χ3n) is 2.33. The molecular formula is C12H14ClFN2O3S. The number of amides is 2. The maximum atomic E-state index is 13.1. The zero-order chi connectivity index (χ0) is 15.1. The summed E-state index contributed by atoms with van der Waals surface area (Å²) in [5.41, 5.74) is 0.154. The topological polar surface area (TPSA) is 78.4 Å². The van der Waals surface area contributed by atoms with Crippen LogP contribution in [0.4, 0.5) is 14.9 Å². The van der Waals surface area contributed by atoms with Gasteiger partial charge in [0.1, 0.15) is 11.9 Å². The molecule has 0 spiro atoms. The molecule has 0 aromatic heterocycles. The van der Waals surface area contributed by atoms with Gasteiger partial charge in [-0.15, -0.1) is 0 Å². The molecule has 0 radical (unpaired) electrons. The van der Waals surface area contributed by atoms with Crippen LogP contribution in [0.15, 0.2) is 18.2 Å². The van der Waals surface area contributed by atoms with Crippen LogP contribution in [0, 0.1) is 5.82 Å². The van der Waals surface area contributed by atoms with E-state index >= 15 is 0 Å². The third kappa shape index (κ3) is 5.66. The zero-order valence-corrected chi connectivity index (χ0v) is 12.2. The molecule has 1 aromatic rings. The number of aliphatic carboxylic acids is 1. The zero-order valence-electron chi connectivity index (χ0n) is 10.7. The molecule has 0 saturated heterocycles. The van der Waals surface area contributed by atoms with Gasteiger partial charge in [0.05, 0.1) is 0 Å². The summed E-state index contributed by atoms with van der Waals surface area (Å²) >= 11 is 7.13. The lowest BCUT2D eigenvalue weighted by Gasteiger charge is -2.14. The lowest BCUT2D eigenvalue weighted by molar-refractivity contribution is -0.139. The van der Waals surface area contributed by atoms with Crippen molar-refractivity contribution in [1.29, 1.82) is 0 Å². The number of benzene rings is 1. The number of hydrogen-bond acceptors (Lipinski definition) is 3. The molecule has 1 unspecified atom stereocenters. The van der Waals surface area contributed by atoms with Crippen LogP contribution in [-0.2, 0) is 4.79 Å². The molecule has 1 rings (SSSR count). The first-order chi connectivity index (χ1) is 9.42. The second-order valence-electron chi connectivity index (χ2n) is 3.93. The molecule has 8 heteroatoms. The number of hydrogen-bond donors (Lipinski definition) is 3. The number of carbonyl (C=O) groups excluding carboxylic acids is 1. The van der Waals surface area contributed by atoms with Gasteiger partial charge in [-0.25, -0.2) is 14.0 Å². The van der Waals surface area contributed by atoms with Gasteiger partial charge in [-0.05, 0) is 36.6 Å². The highest BCUT2D eigenvalue weighted by Crippen LogP contribution is 2.17. The van der Waals surface area contributed by atoms with E-state index in [0.717, 1.165) is 12.1 Å². The molecule has 0 aliphatic rings. The number of anilines is 1. The van der Waals surface area contributed by atoms with Crippen molar-refractivity contribution in [2.75, 3.05) is 17.3 Å². The summed E-state index contributed by atoms with van der Waals surface area (Å²) in [4.78, 5) is 22.6. The molecule has 0 heterocycles.